The Morgan fingerprint density at radius 3 is 3.20 bits per heavy atom. The second-order valence-electron chi connectivity index (χ2n) is 4.14. The molecule has 2 heterocycles. The zero-order valence-electron chi connectivity index (χ0n) is 9.15. The van der Waals surface area contributed by atoms with Gasteiger partial charge >= 0.3 is 0 Å². The van der Waals surface area contributed by atoms with E-state index in [1.54, 1.807) is 11.3 Å². The summed E-state index contributed by atoms with van der Waals surface area (Å²) < 4.78 is 0. The molecule has 0 bridgehead atoms. The van der Waals surface area contributed by atoms with Crippen LogP contribution in [0.2, 0.25) is 0 Å². The van der Waals surface area contributed by atoms with Crippen LogP contribution < -0.4 is 0 Å². The fraction of sp³-hybridized carbons (Fsp3) is 0.727. The average Bonchev–Trinajstić information content (AvgIpc) is 2.68. The molecule has 0 radical (unpaired) electrons. The molecule has 2 rings (SSSR count). The standard InChI is InChI=1S/C11H18N2OS/c1-13-6-3-2-4-10(13)11-12-9(5-7-14)8-15-11/h8,10,14H,2-7H2,1H3. The van der Waals surface area contributed by atoms with Crippen molar-refractivity contribution in [3.8, 4) is 0 Å². The Balaban J connectivity index is 2.06. The van der Waals surface area contributed by atoms with Gasteiger partial charge < -0.3 is 5.11 Å². The summed E-state index contributed by atoms with van der Waals surface area (Å²) in [5, 5.41) is 12.1. The number of rotatable bonds is 3. The number of hydrogen-bond acceptors (Lipinski definition) is 4. The lowest BCUT2D eigenvalue weighted by Gasteiger charge is -2.30. The van der Waals surface area contributed by atoms with Gasteiger partial charge in [-0.1, -0.05) is 6.42 Å². The molecule has 1 aliphatic rings. The van der Waals surface area contributed by atoms with Gasteiger partial charge in [0.15, 0.2) is 0 Å². The van der Waals surface area contributed by atoms with Crippen molar-refractivity contribution in [2.75, 3.05) is 20.2 Å². The summed E-state index contributed by atoms with van der Waals surface area (Å²) >= 11 is 1.74. The molecule has 0 aliphatic carbocycles. The average molecular weight is 226 g/mol. The number of aromatic nitrogens is 1. The maximum absolute atomic E-state index is 8.85. The zero-order chi connectivity index (χ0) is 10.7. The second-order valence-corrected chi connectivity index (χ2v) is 5.03. The van der Waals surface area contributed by atoms with E-state index >= 15 is 0 Å². The molecule has 84 valence electrons. The van der Waals surface area contributed by atoms with Crippen LogP contribution in [-0.2, 0) is 6.42 Å². The molecule has 1 aromatic rings. The Labute approximate surface area is 94.8 Å². The molecule has 3 nitrogen and oxygen atoms in total. The van der Waals surface area contributed by atoms with Gasteiger partial charge in [0.25, 0.3) is 0 Å². The lowest BCUT2D eigenvalue weighted by atomic mass is 10.0. The van der Waals surface area contributed by atoms with Crippen LogP contribution in [0.25, 0.3) is 0 Å². The first-order valence-corrected chi connectivity index (χ1v) is 6.44. The highest BCUT2D eigenvalue weighted by Gasteiger charge is 2.23. The summed E-state index contributed by atoms with van der Waals surface area (Å²) in [6, 6.07) is 0.510. The first-order valence-electron chi connectivity index (χ1n) is 5.56. The van der Waals surface area contributed by atoms with E-state index < -0.39 is 0 Å². The van der Waals surface area contributed by atoms with Gasteiger partial charge in [0.1, 0.15) is 5.01 Å². The summed E-state index contributed by atoms with van der Waals surface area (Å²) in [6.07, 6.45) is 4.53. The number of piperidine rings is 1. The number of thiazole rings is 1. The minimum Gasteiger partial charge on any atom is -0.396 e. The number of hydrogen-bond donors (Lipinski definition) is 1. The van der Waals surface area contributed by atoms with Crippen molar-refractivity contribution in [3.63, 3.8) is 0 Å². The maximum atomic E-state index is 8.85. The number of likely N-dealkylation sites (tertiary alicyclic amines) is 1. The normalized spacial score (nSPS) is 23.2. The third-order valence-electron chi connectivity index (χ3n) is 2.99. The maximum Gasteiger partial charge on any atom is 0.110 e. The largest absolute Gasteiger partial charge is 0.396 e. The highest BCUT2D eigenvalue weighted by molar-refractivity contribution is 7.09. The molecule has 1 fully saturated rings. The zero-order valence-corrected chi connectivity index (χ0v) is 9.96. The predicted octanol–water partition coefficient (Wildman–Crippen LogP) is 1.83. The first kappa shape index (κ1) is 11.0. The van der Waals surface area contributed by atoms with E-state index in [0.717, 1.165) is 5.69 Å². The van der Waals surface area contributed by atoms with Gasteiger partial charge in [-0.25, -0.2) is 4.98 Å². The quantitative estimate of drug-likeness (QED) is 0.854. The third kappa shape index (κ3) is 2.56. The molecule has 1 N–H and O–H groups in total. The molecule has 1 saturated heterocycles. The summed E-state index contributed by atoms with van der Waals surface area (Å²) in [6.45, 7) is 1.38. The lowest BCUT2D eigenvalue weighted by Crippen LogP contribution is -2.29. The molecule has 0 saturated carbocycles. The van der Waals surface area contributed by atoms with E-state index in [2.05, 4.69) is 22.3 Å². The molecular weight excluding hydrogens is 208 g/mol. The molecule has 0 spiro atoms. The second kappa shape index (κ2) is 5.05. The summed E-state index contributed by atoms with van der Waals surface area (Å²) in [4.78, 5) is 6.98. The van der Waals surface area contributed by atoms with Crippen molar-refractivity contribution in [1.82, 2.24) is 9.88 Å². The highest BCUT2D eigenvalue weighted by atomic mass is 32.1. The van der Waals surface area contributed by atoms with Crippen molar-refractivity contribution < 1.29 is 5.11 Å². The van der Waals surface area contributed by atoms with Crippen LogP contribution in [0.5, 0.6) is 0 Å². The van der Waals surface area contributed by atoms with Gasteiger partial charge in [-0.2, -0.15) is 0 Å². The summed E-state index contributed by atoms with van der Waals surface area (Å²) in [5.41, 5.74) is 1.04. The topological polar surface area (TPSA) is 36.4 Å². The SMILES string of the molecule is CN1CCCCC1c1nc(CCO)cs1. The van der Waals surface area contributed by atoms with Gasteiger partial charge in [0, 0.05) is 18.4 Å². The Bertz CT molecular complexity index is 313. The van der Waals surface area contributed by atoms with Crippen molar-refractivity contribution in [2.45, 2.75) is 31.7 Å². The molecule has 1 atom stereocenters. The summed E-state index contributed by atoms with van der Waals surface area (Å²) in [7, 11) is 2.18. The minimum atomic E-state index is 0.198. The van der Waals surface area contributed by atoms with Crippen molar-refractivity contribution in [1.29, 1.82) is 0 Å². The van der Waals surface area contributed by atoms with E-state index in [1.807, 2.05) is 0 Å². The van der Waals surface area contributed by atoms with Crippen molar-refractivity contribution in [3.05, 3.63) is 16.1 Å². The third-order valence-corrected chi connectivity index (χ3v) is 3.99. The Morgan fingerprint density at radius 1 is 1.60 bits per heavy atom. The van der Waals surface area contributed by atoms with Gasteiger partial charge in [-0.15, -0.1) is 11.3 Å². The van der Waals surface area contributed by atoms with Crippen LogP contribution in [0, 0.1) is 0 Å². The highest BCUT2D eigenvalue weighted by Crippen LogP contribution is 2.31. The molecule has 15 heavy (non-hydrogen) atoms. The molecule has 1 aliphatic heterocycles. The smallest absolute Gasteiger partial charge is 0.110 e. The van der Waals surface area contributed by atoms with Crippen LogP contribution >= 0.6 is 11.3 Å². The van der Waals surface area contributed by atoms with Gasteiger partial charge in [0.2, 0.25) is 0 Å². The van der Waals surface area contributed by atoms with Gasteiger partial charge in [-0.3, -0.25) is 4.90 Å². The van der Waals surface area contributed by atoms with E-state index in [0.29, 0.717) is 12.5 Å². The number of aliphatic hydroxyl groups excluding tert-OH is 1. The van der Waals surface area contributed by atoms with E-state index in [4.69, 9.17) is 5.11 Å². The van der Waals surface area contributed by atoms with Crippen LogP contribution in [0.3, 0.4) is 0 Å². The van der Waals surface area contributed by atoms with Crippen LogP contribution in [0.4, 0.5) is 0 Å². The van der Waals surface area contributed by atoms with E-state index in [9.17, 15) is 0 Å². The molecule has 0 aromatic carbocycles. The monoisotopic (exact) mass is 226 g/mol. The van der Waals surface area contributed by atoms with Gasteiger partial charge in [0.05, 0.1) is 11.7 Å². The minimum absolute atomic E-state index is 0.198. The fourth-order valence-electron chi connectivity index (χ4n) is 2.09. The predicted molar refractivity (Wildman–Crippen MR) is 62.1 cm³/mol. The van der Waals surface area contributed by atoms with Crippen LogP contribution in [0.1, 0.15) is 36.0 Å². The number of aliphatic hydroxyl groups is 1. The molecule has 0 amide bonds. The summed E-state index contributed by atoms with van der Waals surface area (Å²) in [5.74, 6) is 0. The van der Waals surface area contributed by atoms with Crippen molar-refractivity contribution in [2.24, 2.45) is 0 Å². The Morgan fingerprint density at radius 2 is 2.47 bits per heavy atom. The van der Waals surface area contributed by atoms with Crippen molar-refractivity contribution >= 4 is 11.3 Å². The molecular formula is C11H18N2OS. The van der Waals surface area contributed by atoms with Gasteiger partial charge in [-0.05, 0) is 26.4 Å². The molecule has 1 unspecified atom stereocenters. The Hall–Kier alpha value is -0.450. The van der Waals surface area contributed by atoms with Crippen LogP contribution in [-0.4, -0.2) is 35.2 Å². The fourth-order valence-corrected chi connectivity index (χ4v) is 3.14. The number of nitrogens with zero attached hydrogens (tertiary/aromatic N) is 2. The molecule has 4 heteroatoms. The van der Waals surface area contributed by atoms with E-state index in [1.165, 1.54) is 30.8 Å². The van der Waals surface area contributed by atoms with E-state index in [-0.39, 0.29) is 6.61 Å². The van der Waals surface area contributed by atoms with Crippen LogP contribution in [0.15, 0.2) is 5.38 Å². The lowest BCUT2D eigenvalue weighted by molar-refractivity contribution is 0.187. The molecule has 1 aromatic heterocycles. The first-order chi connectivity index (χ1) is 7.31. The Kier molecular flexibility index (Phi) is 3.72.